The van der Waals surface area contributed by atoms with E-state index < -0.39 is 6.61 Å². The number of ether oxygens (including phenoxy) is 1. The van der Waals surface area contributed by atoms with Gasteiger partial charge < -0.3 is 25.2 Å². The Balaban J connectivity index is 0.00000363. The normalized spacial score (nSPS) is 14.8. The molecule has 2 aromatic rings. The lowest BCUT2D eigenvalue weighted by Gasteiger charge is -2.34. The lowest BCUT2D eigenvalue weighted by molar-refractivity contribution is -0.0504. The van der Waals surface area contributed by atoms with Crippen molar-refractivity contribution in [2.75, 3.05) is 44.7 Å². The van der Waals surface area contributed by atoms with E-state index >= 15 is 0 Å². The Hall–Kier alpha value is -2.21. The van der Waals surface area contributed by atoms with Crippen LogP contribution in [0.1, 0.15) is 18.1 Å². The van der Waals surface area contributed by atoms with Crippen molar-refractivity contribution in [2.45, 2.75) is 26.6 Å². The van der Waals surface area contributed by atoms with Crippen LogP contribution in [0, 0.1) is 0 Å². The zero-order valence-electron chi connectivity index (χ0n) is 18.4. The highest BCUT2D eigenvalue weighted by Gasteiger charge is 2.17. The second kappa shape index (κ2) is 13.4. The van der Waals surface area contributed by atoms with Gasteiger partial charge in [-0.2, -0.15) is 8.78 Å². The number of pyridine rings is 1. The van der Waals surface area contributed by atoms with Crippen LogP contribution in [-0.2, 0) is 13.1 Å². The van der Waals surface area contributed by atoms with Crippen LogP contribution in [0.4, 0.5) is 14.6 Å². The highest BCUT2D eigenvalue weighted by Crippen LogP contribution is 2.20. The van der Waals surface area contributed by atoms with E-state index in [1.165, 1.54) is 6.07 Å². The number of hydrogen-bond donors (Lipinski definition) is 2. The molecular weight excluding hydrogens is 529 g/mol. The first kappa shape index (κ1) is 26.0. The molecule has 3 rings (SSSR count). The molecule has 0 spiro atoms. The summed E-state index contributed by atoms with van der Waals surface area (Å²) in [5.41, 5.74) is 1.72. The summed E-state index contributed by atoms with van der Waals surface area (Å²) in [6.45, 7) is 5.33. The summed E-state index contributed by atoms with van der Waals surface area (Å²) in [6.07, 6.45) is 1.83. The number of hydrogen-bond acceptors (Lipinski definition) is 5. The average molecular weight is 560 g/mol. The van der Waals surface area contributed by atoms with Crippen LogP contribution < -0.4 is 20.3 Å². The van der Waals surface area contributed by atoms with Crippen molar-refractivity contribution in [1.29, 1.82) is 0 Å². The summed E-state index contributed by atoms with van der Waals surface area (Å²) in [5.74, 6) is 1.71. The molecule has 1 aliphatic rings. The molecule has 0 amide bonds. The number of likely N-dealkylation sites (N-methyl/N-ethyl adjacent to an activating group) is 1. The van der Waals surface area contributed by atoms with E-state index in [1.54, 1.807) is 25.2 Å². The molecule has 0 saturated carbocycles. The molecule has 1 aliphatic heterocycles. The molecule has 2 N–H and O–H groups in total. The third-order valence-corrected chi connectivity index (χ3v) is 5.27. The Bertz CT molecular complexity index is 862. The number of rotatable bonds is 8. The van der Waals surface area contributed by atoms with Crippen LogP contribution in [0.5, 0.6) is 5.75 Å². The van der Waals surface area contributed by atoms with Crippen molar-refractivity contribution < 1.29 is 13.5 Å². The van der Waals surface area contributed by atoms with Crippen LogP contribution in [0.2, 0.25) is 0 Å². The van der Waals surface area contributed by atoms with Crippen molar-refractivity contribution in [3.05, 3.63) is 53.7 Å². The molecule has 2 heterocycles. The summed E-state index contributed by atoms with van der Waals surface area (Å²) >= 11 is 0. The first-order chi connectivity index (χ1) is 15.1. The van der Waals surface area contributed by atoms with Crippen LogP contribution >= 0.6 is 24.0 Å². The summed E-state index contributed by atoms with van der Waals surface area (Å²) in [6, 6.07) is 10.8. The van der Waals surface area contributed by atoms with Crippen molar-refractivity contribution in [1.82, 2.24) is 20.5 Å². The zero-order chi connectivity index (χ0) is 22.1. The fourth-order valence-corrected chi connectivity index (χ4v) is 3.48. The number of nitrogens with one attached hydrogen (secondary N) is 2. The molecule has 1 saturated heterocycles. The topological polar surface area (TPSA) is 65.0 Å². The van der Waals surface area contributed by atoms with Gasteiger partial charge in [-0.1, -0.05) is 25.1 Å². The molecule has 1 aromatic carbocycles. The van der Waals surface area contributed by atoms with E-state index in [0.29, 0.717) is 24.6 Å². The van der Waals surface area contributed by atoms with Crippen LogP contribution in [-0.4, -0.2) is 62.2 Å². The highest BCUT2D eigenvalue weighted by molar-refractivity contribution is 14.0. The summed E-state index contributed by atoms with van der Waals surface area (Å²) in [4.78, 5) is 13.5. The van der Waals surface area contributed by atoms with E-state index in [-0.39, 0.29) is 29.7 Å². The average Bonchev–Trinajstić information content (AvgIpc) is 2.80. The van der Waals surface area contributed by atoms with Gasteiger partial charge in [0, 0.05) is 58.1 Å². The number of para-hydroxylation sites is 1. The summed E-state index contributed by atoms with van der Waals surface area (Å²) < 4.78 is 29.8. The number of aliphatic imine (C=N–C) groups is 1. The van der Waals surface area contributed by atoms with Gasteiger partial charge in [0.1, 0.15) is 11.6 Å². The van der Waals surface area contributed by atoms with Crippen molar-refractivity contribution >= 4 is 35.8 Å². The zero-order valence-corrected chi connectivity index (χ0v) is 20.8. The molecule has 176 valence electrons. The maximum Gasteiger partial charge on any atom is 0.387 e. The predicted molar refractivity (Wildman–Crippen MR) is 134 cm³/mol. The summed E-state index contributed by atoms with van der Waals surface area (Å²) in [5, 5.41) is 6.40. The number of alkyl halides is 2. The Morgan fingerprint density at radius 2 is 1.84 bits per heavy atom. The number of anilines is 1. The largest absolute Gasteiger partial charge is 0.434 e. The van der Waals surface area contributed by atoms with Gasteiger partial charge in [0.05, 0.1) is 0 Å². The molecular formula is C22H31F2IN6O. The SMILES string of the molecule is CCN1CCN(c2cc(CNC(=NC)NCc3ccccc3OC(F)F)ccn2)CC1.I. The molecule has 10 heteroatoms. The number of aromatic nitrogens is 1. The fourth-order valence-electron chi connectivity index (χ4n) is 3.48. The molecule has 0 aliphatic carbocycles. The smallest absolute Gasteiger partial charge is 0.387 e. The minimum Gasteiger partial charge on any atom is -0.434 e. The van der Waals surface area contributed by atoms with Gasteiger partial charge in [-0.05, 0) is 30.3 Å². The number of piperazine rings is 1. The third kappa shape index (κ3) is 7.73. The number of benzene rings is 1. The minimum absolute atomic E-state index is 0. The van der Waals surface area contributed by atoms with Gasteiger partial charge in [-0.25, -0.2) is 4.98 Å². The van der Waals surface area contributed by atoms with Crippen LogP contribution in [0.25, 0.3) is 0 Å². The van der Waals surface area contributed by atoms with Crippen LogP contribution in [0.15, 0.2) is 47.6 Å². The third-order valence-electron chi connectivity index (χ3n) is 5.27. The lowest BCUT2D eigenvalue weighted by atomic mass is 10.2. The van der Waals surface area contributed by atoms with E-state index in [2.05, 4.69) is 48.1 Å². The molecule has 32 heavy (non-hydrogen) atoms. The van der Waals surface area contributed by atoms with Crippen molar-refractivity contribution in [3.63, 3.8) is 0 Å². The molecule has 7 nitrogen and oxygen atoms in total. The van der Waals surface area contributed by atoms with E-state index in [4.69, 9.17) is 0 Å². The monoisotopic (exact) mass is 560 g/mol. The molecule has 0 radical (unpaired) electrons. The Kier molecular flexibility index (Phi) is 10.9. The molecule has 0 atom stereocenters. The first-order valence-electron chi connectivity index (χ1n) is 10.5. The minimum atomic E-state index is -2.86. The Morgan fingerprint density at radius 3 is 2.53 bits per heavy atom. The van der Waals surface area contributed by atoms with Gasteiger partial charge in [0.25, 0.3) is 0 Å². The van der Waals surface area contributed by atoms with Crippen molar-refractivity contribution in [3.8, 4) is 5.75 Å². The second-order valence-electron chi connectivity index (χ2n) is 7.21. The quantitative estimate of drug-likeness (QED) is 0.294. The second-order valence-corrected chi connectivity index (χ2v) is 7.21. The highest BCUT2D eigenvalue weighted by atomic mass is 127. The van der Waals surface area contributed by atoms with E-state index in [9.17, 15) is 8.78 Å². The molecule has 0 bridgehead atoms. The Labute approximate surface area is 205 Å². The van der Waals surface area contributed by atoms with Crippen molar-refractivity contribution in [2.24, 2.45) is 4.99 Å². The molecule has 0 unspecified atom stereocenters. The number of nitrogens with zero attached hydrogens (tertiary/aromatic N) is 4. The van der Waals surface area contributed by atoms with Crippen LogP contribution in [0.3, 0.4) is 0 Å². The van der Waals surface area contributed by atoms with Gasteiger partial charge >= 0.3 is 6.61 Å². The standard InChI is InChI=1S/C22H30F2N6O.HI/c1-3-29-10-12-30(13-11-29)20-14-17(8-9-26-20)15-27-22(25-2)28-16-18-6-4-5-7-19(18)31-21(23)24;/h4-9,14,21H,3,10-13,15-16H2,1-2H3,(H2,25,27,28);1H. The maximum atomic E-state index is 12.6. The number of guanidine groups is 1. The Morgan fingerprint density at radius 1 is 1.12 bits per heavy atom. The number of halogens is 3. The fraction of sp³-hybridized carbons (Fsp3) is 0.455. The maximum absolute atomic E-state index is 12.6. The molecule has 1 fully saturated rings. The van der Waals surface area contributed by atoms with Gasteiger partial charge in [-0.3, -0.25) is 4.99 Å². The van der Waals surface area contributed by atoms with Gasteiger partial charge in [0.15, 0.2) is 5.96 Å². The van der Waals surface area contributed by atoms with Gasteiger partial charge in [0.2, 0.25) is 0 Å². The van der Waals surface area contributed by atoms with Gasteiger partial charge in [-0.15, -0.1) is 24.0 Å². The lowest BCUT2D eigenvalue weighted by Crippen LogP contribution is -2.46. The summed E-state index contributed by atoms with van der Waals surface area (Å²) in [7, 11) is 1.67. The first-order valence-corrected chi connectivity index (χ1v) is 10.5. The van der Waals surface area contributed by atoms with E-state index in [0.717, 1.165) is 44.1 Å². The van der Waals surface area contributed by atoms with E-state index in [1.807, 2.05) is 12.3 Å². The predicted octanol–water partition coefficient (Wildman–Crippen LogP) is 3.31. The molecule has 1 aromatic heterocycles.